The number of nitrogens with zero attached hydrogens (tertiary/aromatic N) is 1. The van der Waals surface area contributed by atoms with Crippen molar-refractivity contribution in [2.24, 2.45) is 12.9 Å². The third-order valence-electron chi connectivity index (χ3n) is 4.41. The summed E-state index contributed by atoms with van der Waals surface area (Å²) in [5, 5.41) is 0. The van der Waals surface area contributed by atoms with Crippen LogP contribution in [0, 0.1) is 18.6 Å². The minimum absolute atomic E-state index is 0.186. The molecule has 0 fully saturated rings. The van der Waals surface area contributed by atoms with Crippen LogP contribution < -0.4 is 4.57 Å². The number of hydrogen-bond donors (Lipinski definition) is 0. The number of benzene rings is 2. The summed E-state index contributed by atoms with van der Waals surface area (Å²) < 4.78 is 47.3. The minimum Gasteiger partial charge on any atom is -0.207 e. The number of aromatic nitrogens is 1. The number of pyridine rings is 1. The summed E-state index contributed by atoms with van der Waals surface area (Å²) in [5.74, 6) is -2.25. The zero-order valence-electron chi connectivity index (χ0n) is 18.8. The van der Waals surface area contributed by atoms with Crippen LogP contribution in [0.5, 0.6) is 0 Å². The molecule has 0 spiro atoms. The van der Waals surface area contributed by atoms with E-state index in [0.717, 1.165) is 27.9 Å². The Morgan fingerprint density at radius 1 is 1.12 bits per heavy atom. The Bertz CT molecular complexity index is 1040. The Morgan fingerprint density at radius 2 is 1.88 bits per heavy atom. The van der Waals surface area contributed by atoms with E-state index in [1.807, 2.05) is 42.1 Å². The average Bonchev–Trinajstić information content (AvgIpc) is 2.63. The van der Waals surface area contributed by atoms with Crippen molar-refractivity contribution in [1.82, 2.24) is 0 Å². The first-order chi connectivity index (χ1) is 13.5. The predicted molar refractivity (Wildman–Crippen MR) is 102 cm³/mol. The van der Waals surface area contributed by atoms with Crippen LogP contribution in [-0.2, 0) is 13.5 Å². The van der Waals surface area contributed by atoms with Crippen molar-refractivity contribution in [2.75, 3.05) is 0 Å². The van der Waals surface area contributed by atoms with Gasteiger partial charge in [0.2, 0.25) is 5.69 Å². The predicted octanol–water partition coefficient (Wildman–Crippen LogP) is 5.49. The quantitative estimate of drug-likeness (QED) is 0.554. The summed E-state index contributed by atoms with van der Waals surface area (Å²) in [6.45, 7) is 0.890. The fourth-order valence-electron chi connectivity index (χ4n) is 3.05. The molecular formula is C23H25FN+. The normalized spacial score (nSPS) is 16.3. The summed E-state index contributed by atoms with van der Waals surface area (Å²) >= 11 is 0. The number of rotatable bonds is 4. The molecule has 0 bridgehead atoms. The van der Waals surface area contributed by atoms with Crippen LogP contribution in [0.15, 0.2) is 60.8 Å². The molecule has 0 aliphatic rings. The Balaban J connectivity index is 2.04. The molecule has 1 aromatic heterocycles. The molecule has 1 heterocycles. The highest BCUT2D eigenvalue weighted by molar-refractivity contribution is 5.70. The summed E-state index contributed by atoms with van der Waals surface area (Å²) in [5.41, 5.74) is 5.23. The summed E-state index contributed by atoms with van der Waals surface area (Å²) in [7, 11) is 1.98. The van der Waals surface area contributed by atoms with E-state index in [-0.39, 0.29) is 12.0 Å². The zero-order chi connectivity index (χ0) is 21.4. The maximum absolute atomic E-state index is 14.4. The topological polar surface area (TPSA) is 3.88 Å². The van der Waals surface area contributed by atoms with Gasteiger partial charge in [0.05, 0.1) is 0 Å². The van der Waals surface area contributed by atoms with E-state index in [4.69, 9.17) is 5.48 Å². The third kappa shape index (κ3) is 3.79. The van der Waals surface area contributed by atoms with Crippen molar-refractivity contribution in [3.8, 4) is 22.4 Å². The van der Waals surface area contributed by atoms with Gasteiger partial charge in [-0.2, -0.15) is 0 Å². The van der Waals surface area contributed by atoms with Crippen molar-refractivity contribution in [1.29, 1.82) is 0 Å². The van der Waals surface area contributed by atoms with Crippen LogP contribution in [0.1, 0.15) is 30.4 Å². The highest BCUT2D eigenvalue weighted by atomic mass is 19.1. The van der Waals surface area contributed by atoms with Crippen molar-refractivity contribution in [3.05, 3.63) is 77.7 Å². The monoisotopic (exact) mass is 338 g/mol. The standard InChI is InChI=1S/C23H25FN/c1-16(2)13-20-14-18(9-10-22(20)24)19-11-12-25(4)23(15-19)21-8-6-5-7-17(21)3/h5-12,14-16H,13H2,1-4H3/q+1/i1D3,16D. The SMILES string of the molecule is [2H]C([2H])([2H])C([2H])(C)Cc1cc(-c2cc[n+](C)c(-c3ccccc3C)c2)ccc1F. The lowest BCUT2D eigenvalue weighted by atomic mass is 9.96. The summed E-state index contributed by atoms with van der Waals surface area (Å²) in [6, 6.07) is 16.8. The van der Waals surface area contributed by atoms with Gasteiger partial charge in [-0.25, -0.2) is 8.96 Å². The van der Waals surface area contributed by atoms with Crippen LogP contribution >= 0.6 is 0 Å². The Labute approximate surface area is 155 Å². The first kappa shape index (κ1) is 12.8. The van der Waals surface area contributed by atoms with E-state index in [0.29, 0.717) is 0 Å². The molecule has 2 heteroatoms. The second-order valence-corrected chi connectivity index (χ2v) is 6.49. The van der Waals surface area contributed by atoms with Gasteiger partial charge >= 0.3 is 0 Å². The second-order valence-electron chi connectivity index (χ2n) is 6.49. The van der Waals surface area contributed by atoms with Crippen molar-refractivity contribution in [3.63, 3.8) is 0 Å². The molecule has 1 atom stereocenters. The third-order valence-corrected chi connectivity index (χ3v) is 4.41. The Hall–Kier alpha value is -2.48. The smallest absolute Gasteiger partial charge is 0.207 e. The Kier molecular flexibility index (Phi) is 3.68. The van der Waals surface area contributed by atoms with E-state index < -0.39 is 18.6 Å². The fourth-order valence-corrected chi connectivity index (χ4v) is 3.05. The number of halogens is 1. The lowest BCUT2D eigenvalue weighted by Gasteiger charge is -2.10. The molecule has 0 amide bonds. The second kappa shape index (κ2) is 7.18. The molecule has 3 rings (SSSR count). The number of hydrogen-bond acceptors (Lipinski definition) is 0. The molecule has 1 unspecified atom stereocenters. The lowest BCUT2D eigenvalue weighted by Crippen LogP contribution is -2.30. The minimum atomic E-state index is -2.49. The molecule has 0 radical (unpaired) electrons. The van der Waals surface area contributed by atoms with Gasteiger partial charge in [-0.3, -0.25) is 0 Å². The maximum atomic E-state index is 14.4. The molecule has 0 aliphatic heterocycles. The molecule has 3 aromatic rings. The largest absolute Gasteiger partial charge is 0.213 e. The van der Waals surface area contributed by atoms with Gasteiger partial charge in [0.15, 0.2) is 6.20 Å². The zero-order valence-corrected chi connectivity index (χ0v) is 14.8. The van der Waals surface area contributed by atoms with E-state index in [2.05, 4.69) is 19.1 Å². The van der Waals surface area contributed by atoms with Gasteiger partial charge in [0.1, 0.15) is 12.9 Å². The molecule has 1 nitrogen and oxygen atoms in total. The van der Waals surface area contributed by atoms with Gasteiger partial charge in [0.25, 0.3) is 0 Å². The first-order valence-corrected chi connectivity index (χ1v) is 8.34. The summed E-state index contributed by atoms with van der Waals surface area (Å²) in [4.78, 5) is 0. The van der Waals surface area contributed by atoms with Gasteiger partial charge in [-0.1, -0.05) is 38.0 Å². The van der Waals surface area contributed by atoms with Gasteiger partial charge < -0.3 is 0 Å². The molecular weight excluding hydrogens is 309 g/mol. The maximum Gasteiger partial charge on any atom is 0.213 e. The van der Waals surface area contributed by atoms with Crippen LogP contribution in [-0.4, -0.2) is 0 Å². The molecule has 128 valence electrons. The van der Waals surface area contributed by atoms with Gasteiger partial charge in [0, 0.05) is 23.2 Å². The highest BCUT2D eigenvalue weighted by Crippen LogP contribution is 2.27. The fraction of sp³-hybridized carbons (Fsp3) is 0.261. The van der Waals surface area contributed by atoms with E-state index in [1.165, 1.54) is 13.0 Å². The van der Waals surface area contributed by atoms with Gasteiger partial charge in [-0.15, -0.1) is 0 Å². The van der Waals surface area contributed by atoms with Crippen LogP contribution in [0.25, 0.3) is 22.4 Å². The van der Waals surface area contributed by atoms with Crippen molar-refractivity contribution in [2.45, 2.75) is 27.1 Å². The first-order valence-electron chi connectivity index (χ1n) is 10.3. The molecule has 2 aromatic carbocycles. The van der Waals surface area contributed by atoms with Crippen LogP contribution in [0.4, 0.5) is 4.39 Å². The molecule has 0 saturated heterocycles. The van der Waals surface area contributed by atoms with Crippen LogP contribution in [0.3, 0.4) is 0 Å². The molecule has 25 heavy (non-hydrogen) atoms. The molecule has 0 aliphatic carbocycles. The summed E-state index contributed by atoms with van der Waals surface area (Å²) in [6.07, 6.45) is 1.77. The lowest BCUT2D eigenvalue weighted by molar-refractivity contribution is -0.660. The average molecular weight is 338 g/mol. The van der Waals surface area contributed by atoms with E-state index in [1.54, 1.807) is 12.1 Å². The van der Waals surface area contributed by atoms with Gasteiger partial charge in [-0.05, 0) is 59.7 Å². The molecule has 0 N–H and O–H groups in total. The van der Waals surface area contributed by atoms with Crippen molar-refractivity contribution < 1.29 is 14.4 Å². The van der Waals surface area contributed by atoms with Crippen LogP contribution in [0.2, 0.25) is 0 Å². The van der Waals surface area contributed by atoms with Crippen molar-refractivity contribution >= 4 is 0 Å². The van der Waals surface area contributed by atoms with E-state index >= 15 is 0 Å². The van der Waals surface area contributed by atoms with E-state index in [9.17, 15) is 4.39 Å². The molecule has 0 saturated carbocycles. The highest BCUT2D eigenvalue weighted by Gasteiger charge is 2.14. The number of aryl methyl sites for hydroxylation is 2. The Morgan fingerprint density at radius 3 is 2.64 bits per heavy atom.